The van der Waals surface area contributed by atoms with Gasteiger partial charge in [-0.1, -0.05) is 18.5 Å². The number of thioether (sulfide) groups is 1. The van der Waals surface area contributed by atoms with Gasteiger partial charge in [0.1, 0.15) is 0 Å². The lowest BCUT2D eigenvalue weighted by molar-refractivity contribution is -0.137. The van der Waals surface area contributed by atoms with E-state index in [1.165, 1.54) is 17.8 Å². The lowest BCUT2D eigenvalue weighted by atomic mass is 10.2. The first kappa shape index (κ1) is 11.7. The van der Waals surface area contributed by atoms with Gasteiger partial charge in [-0.05, 0) is 24.0 Å². The van der Waals surface area contributed by atoms with Crippen molar-refractivity contribution in [2.45, 2.75) is 18.0 Å². The minimum absolute atomic E-state index is 0.121. The van der Waals surface area contributed by atoms with Crippen LogP contribution in [0.25, 0.3) is 0 Å². The van der Waals surface area contributed by atoms with E-state index in [4.69, 9.17) is 11.6 Å². The Hall–Kier alpha value is -0.350. The third-order valence-electron chi connectivity index (χ3n) is 1.51. The third kappa shape index (κ3) is 3.10. The third-order valence-corrected chi connectivity index (χ3v) is 2.59. The van der Waals surface area contributed by atoms with Crippen molar-refractivity contribution < 1.29 is 13.2 Å². The van der Waals surface area contributed by atoms with E-state index in [9.17, 15) is 13.2 Å². The van der Waals surface area contributed by atoms with E-state index in [1.54, 1.807) is 0 Å². The zero-order chi connectivity index (χ0) is 10.8. The fraction of sp³-hybridized carbons (Fsp3) is 0.333. The molecule has 5 heteroatoms. The monoisotopic (exact) mass is 240 g/mol. The summed E-state index contributed by atoms with van der Waals surface area (Å²) in [6.45, 7) is 1.87. The first-order valence-corrected chi connectivity index (χ1v) is 5.30. The molecule has 78 valence electrons. The Bertz CT molecular complexity index is 322. The summed E-state index contributed by atoms with van der Waals surface area (Å²) in [5, 5.41) is 0.121. The van der Waals surface area contributed by atoms with Crippen LogP contribution in [0.4, 0.5) is 13.2 Å². The molecular weight excluding hydrogens is 233 g/mol. The van der Waals surface area contributed by atoms with Gasteiger partial charge in [-0.15, -0.1) is 11.8 Å². The highest BCUT2D eigenvalue weighted by Gasteiger charge is 2.31. The van der Waals surface area contributed by atoms with Crippen LogP contribution in [0.3, 0.4) is 0 Å². The molecule has 1 aromatic carbocycles. The fourth-order valence-corrected chi connectivity index (χ4v) is 2.03. The van der Waals surface area contributed by atoms with E-state index in [0.717, 1.165) is 17.9 Å². The van der Waals surface area contributed by atoms with Crippen LogP contribution >= 0.6 is 23.4 Å². The molecule has 0 aliphatic heterocycles. The predicted octanol–water partition coefficient (Wildman–Crippen LogP) is 4.47. The molecule has 0 unspecified atom stereocenters. The fourth-order valence-electron chi connectivity index (χ4n) is 0.976. The second-order valence-corrected chi connectivity index (χ2v) is 4.38. The van der Waals surface area contributed by atoms with E-state index in [0.29, 0.717) is 4.90 Å². The van der Waals surface area contributed by atoms with Crippen LogP contribution in [0, 0.1) is 0 Å². The van der Waals surface area contributed by atoms with E-state index >= 15 is 0 Å². The molecule has 14 heavy (non-hydrogen) atoms. The Balaban J connectivity index is 3.07. The van der Waals surface area contributed by atoms with Crippen LogP contribution in [-0.2, 0) is 6.18 Å². The highest BCUT2D eigenvalue weighted by Crippen LogP contribution is 2.34. The molecule has 0 heterocycles. The van der Waals surface area contributed by atoms with Crippen molar-refractivity contribution in [1.82, 2.24) is 0 Å². The lowest BCUT2D eigenvalue weighted by Gasteiger charge is -2.08. The summed E-state index contributed by atoms with van der Waals surface area (Å²) >= 11 is 6.91. The second-order valence-electron chi connectivity index (χ2n) is 2.61. The van der Waals surface area contributed by atoms with Crippen LogP contribution in [0.5, 0.6) is 0 Å². The van der Waals surface area contributed by atoms with Crippen molar-refractivity contribution in [1.29, 1.82) is 0 Å². The van der Waals surface area contributed by atoms with E-state index in [1.807, 2.05) is 6.92 Å². The molecule has 0 spiro atoms. The SMILES string of the molecule is CCSc1cc(Cl)cc(C(F)(F)F)c1. The summed E-state index contributed by atoms with van der Waals surface area (Å²) in [5.41, 5.74) is -0.694. The Labute approximate surface area is 89.4 Å². The second kappa shape index (κ2) is 4.45. The molecule has 1 aromatic rings. The normalized spacial score (nSPS) is 11.8. The molecule has 0 saturated carbocycles. The quantitative estimate of drug-likeness (QED) is 0.688. The number of rotatable bonds is 2. The maximum absolute atomic E-state index is 12.3. The van der Waals surface area contributed by atoms with Gasteiger partial charge in [0.15, 0.2) is 0 Å². The number of halogens is 4. The first-order chi connectivity index (χ1) is 6.43. The van der Waals surface area contributed by atoms with Gasteiger partial charge in [0.25, 0.3) is 0 Å². The molecule has 0 atom stereocenters. The molecule has 0 aromatic heterocycles. The zero-order valence-electron chi connectivity index (χ0n) is 7.36. The molecule has 0 bridgehead atoms. The zero-order valence-corrected chi connectivity index (χ0v) is 8.93. The number of benzene rings is 1. The smallest absolute Gasteiger partial charge is 0.166 e. The predicted molar refractivity (Wildman–Crippen MR) is 52.9 cm³/mol. The molecule has 0 aliphatic carbocycles. The van der Waals surface area contributed by atoms with Gasteiger partial charge in [0.05, 0.1) is 5.56 Å². The lowest BCUT2D eigenvalue weighted by Crippen LogP contribution is -2.04. The molecule has 0 amide bonds. The molecule has 0 nitrogen and oxygen atoms in total. The summed E-state index contributed by atoms with van der Waals surface area (Å²) in [7, 11) is 0. The average molecular weight is 241 g/mol. The first-order valence-electron chi connectivity index (χ1n) is 3.94. The molecule has 0 radical (unpaired) electrons. The van der Waals surface area contributed by atoms with Gasteiger partial charge in [-0.3, -0.25) is 0 Å². The number of alkyl halides is 3. The molecule has 1 rings (SSSR count). The van der Waals surface area contributed by atoms with E-state index in [2.05, 4.69) is 0 Å². The number of hydrogen-bond acceptors (Lipinski definition) is 1. The van der Waals surface area contributed by atoms with Gasteiger partial charge >= 0.3 is 6.18 Å². The summed E-state index contributed by atoms with van der Waals surface area (Å²) in [6.07, 6.45) is -4.33. The van der Waals surface area contributed by atoms with Crippen molar-refractivity contribution in [3.05, 3.63) is 28.8 Å². The van der Waals surface area contributed by atoms with Crippen LogP contribution in [0.2, 0.25) is 5.02 Å². The molecular formula is C9H8ClF3S. The van der Waals surface area contributed by atoms with Crippen molar-refractivity contribution in [2.75, 3.05) is 5.75 Å². The maximum atomic E-state index is 12.3. The van der Waals surface area contributed by atoms with E-state index < -0.39 is 11.7 Å². The van der Waals surface area contributed by atoms with Crippen molar-refractivity contribution in [2.24, 2.45) is 0 Å². The van der Waals surface area contributed by atoms with Crippen molar-refractivity contribution >= 4 is 23.4 Å². The summed E-state index contributed by atoms with van der Waals surface area (Å²) in [4.78, 5) is 0.548. The van der Waals surface area contributed by atoms with Gasteiger partial charge in [0, 0.05) is 9.92 Å². The molecule has 0 N–H and O–H groups in total. The standard InChI is InChI=1S/C9H8ClF3S/c1-2-14-8-4-6(9(11,12)13)3-7(10)5-8/h3-5H,2H2,1H3. The van der Waals surface area contributed by atoms with Crippen LogP contribution in [-0.4, -0.2) is 5.75 Å². The maximum Gasteiger partial charge on any atom is 0.416 e. The highest BCUT2D eigenvalue weighted by atomic mass is 35.5. The topological polar surface area (TPSA) is 0 Å². The molecule has 0 aliphatic rings. The van der Waals surface area contributed by atoms with Crippen LogP contribution in [0.1, 0.15) is 12.5 Å². The Morgan fingerprint density at radius 3 is 2.43 bits per heavy atom. The van der Waals surface area contributed by atoms with Crippen LogP contribution < -0.4 is 0 Å². The largest absolute Gasteiger partial charge is 0.416 e. The summed E-state index contributed by atoms with van der Waals surface area (Å²) < 4.78 is 37.0. The van der Waals surface area contributed by atoms with Gasteiger partial charge in [-0.2, -0.15) is 13.2 Å². The van der Waals surface area contributed by atoms with Crippen molar-refractivity contribution in [3.8, 4) is 0 Å². The number of hydrogen-bond donors (Lipinski definition) is 0. The van der Waals surface area contributed by atoms with Gasteiger partial charge in [0.2, 0.25) is 0 Å². The summed E-state index contributed by atoms with van der Waals surface area (Å²) in [5.74, 6) is 0.720. The molecule has 0 saturated heterocycles. The molecule has 0 fully saturated rings. The Morgan fingerprint density at radius 2 is 1.93 bits per heavy atom. The van der Waals surface area contributed by atoms with E-state index in [-0.39, 0.29) is 5.02 Å². The van der Waals surface area contributed by atoms with Gasteiger partial charge < -0.3 is 0 Å². The summed E-state index contributed by atoms with van der Waals surface area (Å²) in [6, 6.07) is 3.58. The minimum Gasteiger partial charge on any atom is -0.166 e. The average Bonchev–Trinajstić information content (AvgIpc) is 2.02. The van der Waals surface area contributed by atoms with Crippen LogP contribution in [0.15, 0.2) is 23.1 Å². The van der Waals surface area contributed by atoms with Gasteiger partial charge in [-0.25, -0.2) is 0 Å². The Morgan fingerprint density at radius 1 is 1.29 bits per heavy atom. The Kier molecular flexibility index (Phi) is 3.72. The minimum atomic E-state index is -4.33. The highest BCUT2D eigenvalue weighted by molar-refractivity contribution is 7.99. The van der Waals surface area contributed by atoms with Crippen molar-refractivity contribution in [3.63, 3.8) is 0 Å².